The van der Waals surface area contributed by atoms with Crippen LogP contribution in [0.4, 0.5) is 0 Å². The highest BCUT2D eigenvalue weighted by molar-refractivity contribution is 5.26. The Labute approximate surface area is 171 Å². The van der Waals surface area contributed by atoms with Gasteiger partial charge in [-0.2, -0.15) is 0 Å². The van der Waals surface area contributed by atoms with Crippen molar-refractivity contribution in [1.82, 2.24) is 0 Å². The smallest absolute Gasteiger partial charge is 0.0824 e. The number of hydrogen-bond donors (Lipinski definition) is 2. The van der Waals surface area contributed by atoms with Crippen molar-refractivity contribution in [3.8, 4) is 0 Å². The monoisotopic (exact) mass is 390 g/mol. The van der Waals surface area contributed by atoms with Crippen molar-refractivity contribution in [3.05, 3.63) is 11.6 Å². The van der Waals surface area contributed by atoms with Gasteiger partial charge < -0.3 is 14.9 Å². The van der Waals surface area contributed by atoms with Gasteiger partial charge in [0.05, 0.1) is 24.4 Å². The van der Waals surface area contributed by atoms with Gasteiger partial charge in [0.1, 0.15) is 0 Å². The number of hydrogen-bond acceptors (Lipinski definition) is 3. The molecule has 0 heterocycles. The first-order chi connectivity index (χ1) is 12.9. The molecule has 7 atom stereocenters. The molecular weight excluding hydrogens is 348 g/mol. The molecule has 0 spiro atoms. The molecule has 0 saturated heterocycles. The molecular formula is C25H42O3. The van der Waals surface area contributed by atoms with Crippen LogP contribution in [0, 0.1) is 34.5 Å². The minimum Gasteiger partial charge on any atom is -0.390 e. The van der Waals surface area contributed by atoms with E-state index in [1.54, 1.807) is 5.57 Å². The lowest BCUT2D eigenvalue weighted by Crippen LogP contribution is -2.52. The molecule has 4 rings (SSSR count). The van der Waals surface area contributed by atoms with Crippen LogP contribution in [0.2, 0.25) is 0 Å². The molecule has 0 amide bonds. The van der Waals surface area contributed by atoms with Crippen molar-refractivity contribution in [2.75, 3.05) is 13.2 Å². The fraction of sp³-hybridized carbons (Fsp3) is 0.920. The predicted octanol–water partition coefficient (Wildman–Crippen LogP) is 5.10. The van der Waals surface area contributed by atoms with Crippen LogP contribution in [0.15, 0.2) is 11.6 Å². The van der Waals surface area contributed by atoms with E-state index < -0.39 is 11.2 Å². The summed E-state index contributed by atoms with van der Waals surface area (Å²) in [5.74, 6) is 3.03. The zero-order valence-corrected chi connectivity index (χ0v) is 18.8. The van der Waals surface area contributed by atoms with Crippen LogP contribution in [-0.2, 0) is 4.74 Å². The number of ether oxygens (including phenoxy) is 1. The number of rotatable bonds is 4. The lowest BCUT2D eigenvalue weighted by Gasteiger charge is -2.59. The van der Waals surface area contributed by atoms with E-state index in [1.165, 1.54) is 32.1 Å². The molecule has 4 aliphatic carbocycles. The fourth-order valence-electron chi connectivity index (χ4n) is 7.64. The zero-order valence-electron chi connectivity index (χ0n) is 18.8. The van der Waals surface area contributed by atoms with Gasteiger partial charge in [0.15, 0.2) is 0 Å². The molecule has 3 nitrogen and oxygen atoms in total. The third-order valence-electron chi connectivity index (χ3n) is 9.35. The summed E-state index contributed by atoms with van der Waals surface area (Å²) in [5.41, 5.74) is 1.01. The van der Waals surface area contributed by atoms with Gasteiger partial charge in [0.2, 0.25) is 0 Å². The van der Waals surface area contributed by atoms with Crippen LogP contribution in [0.5, 0.6) is 0 Å². The highest BCUT2D eigenvalue weighted by Crippen LogP contribution is 2.66. The van der Waals surface area contributed by atoms with Gasteiger partial charge in [-0.1, -0.05) is 25.5 Å². The molecule has 3 fully saturated rings. The van der Waals surface area contributed by atoms with Crippen LogP contribution in [0.1, 0.15) is 86.0 Å². The third-order valence-corrected chi connectivity index (χ3v) is 9.35. The lowest BCUT2D eigenvalue weighted by molar-refractivity contribution is -0.0831. The Balaban J connectivity index is 1.49. The highest BCUT2D eigenvalue weighted by atomic mass is 16.5. The summed E-state index contributed by atoms with van der Waals surface area (Å²) in [7, 11) is 0. The van der Waals surface area contributed by atoms with Gasteiger partial charge in [0, 0.05) is 0 Å². The van der Waals surface area contributed by atoms with Crippen molar-refractivity contribution >= 4 is 0 Å². The summed E-state index contributed by atoms with van der Waals surface area (Å²) in [6.07, 6.45) is 12.0. The van der Waals surface area contributed by atoms with E-state index in [4.69, 9.17) is 4.74 Å². The summed E-state index contributed by atoms with van der Waals surface area (Å²) in [6.45, 7) is 11.9. The first-order valence-corrected chi connectivity index (χ1v) is 11.7. The molecule has 3 heteroatoms. The second-order valence-corrected chi connectivity index (χ2v) is 12.1. The minimum atomic E-state index is -0.738. The Morgan fingerprint density at radius 3 is 2.54 bits per heavy atom. The maximum absolute atomic E-state index is 10.6. The van der Waals surface area contributed by atoms with E-state index in [0.717, 1.165) is 43.6 Å². The maximum Gasteiger partial charge on any atom is 0.0824 e. The van der Waals surface area contributed by atoms with Crippen LogP contribution in [0.25, 0.3) is 0 Å². The molecule has 4 aliphatic rings. The quantitative estimate of drug-likeness (QED) is 0.656. The topological polar surface area (TPSA) is 49.7 Å². The van der Waals surface area contributed by atoms with Gasteiger partial charge in [-0.15, -0.1) is 0 Å². The summed E-state index contributed by atoms with van der Waals surface area (Å²) in [4.78, 5) is 0. The molecule has 0 aromatic rings. The molecule has 160 valence electrons. The van der Waals surface area contributed by atoms with E-state index in [-0.39, 0.29) is 0 Å². The standard InChI is InChI=1S/C25H42O3/c1-22(2,26)16-28-15-18-7-9-20-19-8-6-17-14-23(3,27)12-13-25(17,5)21(19)10-11-24(18,20)4/h6,18-21,26-27H,7-16H2,1-5H3/t18?,19?,20?,21?,23-,24+,25?/m0/s1. The van der Waals surface area contributed by atoms with Crippen LogP contribution >= 0.6 is 0 Å². The van der Waals surface area contributed by atoms with Crippen molar-refractivity contribution in [1.29, 1.82) is 0 Å². The molecule has 2 N–H and O–H groups in total. The Bertz CT molecular complexity index is 630. The fourth-order valence-corrected chi connectivity index (χ4v) is 7.64. The van der Waals surface area contributed by atoms with E-state index >= 15 is 0 Å². The Kier molecular flexibility index (Phi) is 5.08. The van der Waals surface area contributed by atoms with Gasteiger partial charge in [-0.3, -0.25) is 0 Å². The predicted molar refractivity (Wildman–Crippen MR) is 113 cm³/mol. The molecule has 0 aromatic carbocycles. The van der Waals surface area contributed by atoms with Crippen LogP contribution in [0.3, 0.4) is 0 Å². The molecule has 0 aliphatic heterocycles. The first-order valence-electron chi connectivity index (χ1n) is 11.7. The molecule has 3 saturated carbocycles. The summed E-state index contributed by atoms with van der Waals surface area (Å²) >= 11 is 0. The normalized spacial score (nSPS) is 48.5. The van der Waals surface area contributed by atoms with Gasteiger partial charge >= 0.3 is 0 Å². The summed E-state index contributed by atoms with van der Waals surface area (Å²) < 4.78 is 5.97. The van der Waals surface area contributed by atoms with E-state index in [2.05, 4.69) is 19.9 Å². The number of fused-ring (bicyclic) bond motifs is 5. The average Bonchev–Trinajstić information content (AvgIpc) is 2.91. The SMILES string of the molecule is CC(C)(O)COCC1CCC2C3CC=C4C[C@@](C)(O)CCC4(C)C3CC[C@]12C. The second-order valence-electron chi connectivity index (χ2n) is 12.1. The minimum absolute atomic E-state index is 0.308. The number of aliphatic hydroxyl groups is 2. The van der Waals surface area contributed by atoms with Crippen molar-refractivity contribution in [2.45, 2.75) is 97.2 Å². The Hall–Kier alpha value is -0.380. The van der Waals surface area contributed by atoms with Crippen molar-refractivity contribution in [3.63, 3.8) is 0 Å². The molecule has 0 bridgehead atoms. The Morgan fingerprint density at radius 1 is 1.07 bits per heavy atom. The van der Waals surface area contributed by atoms with Crippen LogP contribution in [-0.4, -0.2) is 34.6 Å². The molecule has 5 unspecified atom stereocenters. The molecule has 0 aromatic heterocycles. The van der Waals surface area contributed by atoms with Gasteiger partial charge in [-0.05, 0) is 107 Å². The summed E-state index contributed by atoms with van der Waals surface area (Å²) in [6, 6.07) is 0. The van der Waals surface area contributed by atoms with Gasteiger partial charge in [0.25, 0.3) is 0 Å². The third kappa shape index (κ3) is 3.50. The van der Waals surface area contributed by atoms with Gasteiger partial charge in [-0.25, -0.2) is 0 Å². The van der Waals surface area contributed by atoms with E-state index in [0.29, 0.717) is 23.4 Å². The molecule has 0 radical (unpaired) electrons. The summed E-state index contributed by atoms with van der Waals surface area (Å²) in [5, 5.41) is 20.6. The number of allylic oxidation sites excluding steroid dienone is 1. The second kappa shape index (κ2) is 6.82. The molecule has 28 heavy (non-hydrogen) atoms. The largest absolute Gasteiger partial charge is 0.390 e. The zero-order chi connectivity index (χ0) is 20.4. The van der Waals surface area contributed by atoms with E-state index in [1.807, 2.05) is 20.8 Å². The van der Waals surface area contributed by atoms with Crippen molar-refractivity contribution in [2.24, 2.45) is 34.5 Å². The van der Waals surface area contributed by atoms with Crippen molar-refractivity contribution < 1.29 is 14.9 Å². The average molecular weight is 391 g/mol. The highest BCUT2D eigenvalue weighted by Gasteiger charge is 2.59. The van der Waals surface area contributed by atoms with Crippen LogP contribution < -0.4 is 0 Å². The Morgan fingerprint density at radius 2 is 1.82 bits per heavy atom. The van der Waals surface area contributed by atoms with E-state index in [9.17, 15) is 10.2 Å². The lowest BCUT2D eigenvalue weighted by atomic mass is 9.47. The first kappa shape index (κ1) is 20.9. The maximum atomic E-state index is 10.6.